The van der Waals surface area contributed by atoms with E-state index in [1.165, 1.54) is 0 Å². The lowest BCUT2D eigenvalue weighted by Crippen LogP contribution is -2.79. The number of carbonyl (C=O) groups is 4. The average molecular weight is 900 g/mol. The van der Waals surface area contributed by atoms with Gasteiger partial charge in [0.15, 0.2) is 11.9 Å². The number of alkyl carbamates (subject to hydrolysis) is 1. The number of ketones is 1. The largest absolute Gasteiger partial charge is 0.456 e. The SMILES string of the molecule is CNC(c1ccccc1)C(O)C(=O)OC1CC2(O)C(C)C3C4(O)COC4CC(OC(=O)NCCCCNC(=O)CCCC[C@@H]4SCC5NCNC54)[C@@]3(C)C(=O)C(O)C(=C1C)C2(C)C. The van der Waals surface area contributed by atoms with Crippen LogP contribution in [0.1, 0.15) is 97.6 Å². The summed E-state index contributed by atoms with van der Waals surface area (Å²) in [5.74, 6) is -2.49. The molecular weight excluding hydrogens is 831 g/mol. The molecule has 14 atom stereocenters. The zero-order valence-corrected chi connectivity index (χ0v) is 38.3. The van der Waals surface area contributed by atoms with Gasteiger partial charge in [-0.2, -0.15) is 11.8 Å². The first-order valence-electron chi connectivity index (χ1n) is 22.8. The molecule has 0 radical (unpaired) electrons. The van der Waals surface area contributed by atoms with Crippen LogP contribution in [0.15, 0.2) is 41.5 Å². The fourth-order valence-electron chi connectivity index (χ4n) is 12.1. The molecule has 2 amide bonds. The molecule has 63 heavy (non-hydrogen) atoms. The molecular formula is C46H69N5O11S. The third-order valence-electron chi connectivity index (χ3n) is 15.7. The lowest BCUT2D eigenvalue weighted by molar-refractivity contribution is -0.335. The molecule has 3 aliphatic carbocycles. The van der Waals surface area contributed by atoms with Crippen LogP contribution in [0.5, 0.6) is 0 Å². The lowest BCUT2D eigenvalue weighted by Gasteiger charge is -2.67. The highest BCUT2D eigenvalue weighted by Gasteiger charge is 2.75. The number of ether oxygens (including phenoxy) is 3. The lowest BCUT2D eigenvalue weighted by atomic mass is 9.42. The summed E-state index contributed by atoms with van der Waals surface area (Å²) < 4.78 is 17.9. The fourth-order valence-corrected chi connectivity index (χ4v) is 13.7. The van der Waals surface area contributed by atoms with Gasteiger partial charge in [-0.3, -0.25) is 20.2 Å². The quantitative estimate of drug-likeness (QED) is 0.0656. The maximum absolute atomic E-state index is 15.0. The van der Waals surface area contributed by atoms with Crippen LogP contribution >= 0.6 is 11.8 Å². The number of unbranched alkanes of at least 4 members (excludes halogenated alkanes) is 2. The van der Waals surface area contributed by atoms with E-state index < -0.39 is 88.3 Å². The van der Waals surface area contributed by atoms with Gasteiger partial charge in [-0.25, -0.2) is 9.59 Å². The molecule has 3 heterocycles. The van der Waals surface area contributed by atoms with Crippen LogP contribution < -0.4 is 26.6 Å². The smallest absolute Gasteiger partial charge is 0.407 e. The number of nitrogens with one attached hydrogen (secondary N) is 5. The number of hydrogen-bond acceptors (Lipinski definition) is 15. The van der Waals surface area contributed by atoms with Crippen molar-refractivity contribution in [3.8, 4) is 0 Å². The van der Waals surface area contributed by atoms with Crippen molar-refractivity contribution in [2.24, 2.45) is 22.7 Å². The van der Waals surface area contributed by atoms with Crippen LogP contribution in [0.2, 0.25) is 0 Å². The number of thioether (sulfide) groups is 1. The number of carbonyl (C=O) groups excluding carboxylic acids is 4. The average Bonchev–Trinajstić information content (AvgIpc) is 3.88. The first-order valence-corrected chi connectivity index (χ1v) is 23.8. The fraction of sp³-hybridized carbons (Fsp3) is 0.739. The molecule has 2 bridgehead atoms. The van der Waals surface area contributed by atoms with Gasteiger partial charge in [0, 0.05) is 73.4 Å². The van der Waals surface area contributed by atoms with Crippen LogP contribution in [0.3, 0.4) is 0 Å². The molecule has 1 aromatic carbocycles. The topological polar surface area (TPSA) is 237 Å². The third kappa shape index (κ3) is 8.71. The monoisotopic (exact) mass is 899 g/mol. The Morgan fingerprint density at radius 1 is 1.02 bits per heavy atom. The maximum atomic E-state index is 15.0. The number of benzene rings is 1. The summed E-state index contributed by atoms with van der Waals surface area (Å²) in [4.78, 5) is 54.6. The summed E-state index contributed by atoms with van der Waals surface area (Å²) in [5, 5.41) is 65.2. The van der Waals surface area contributed by atoms with Gasteiger partial charge >= 0.3 is 12.1 Å². The molecule has 17 heteroatoms. The Labute approximate surface area is 374 Å². The minimum atomic E-state index is -1.83. The van der Waals surface area contributed by atoms with E-state index in [4.69, 9.17) is 14.2 Å². The van der Waals surface area contributed by atoms with Crippen molar-refractivity contribution in [1.82, 2.24) is 26.6 Å². The van der Waals surface area contributed by atoms with E-state index in [2.05, 4.69) is 26.6 Å². The van der Waals surface area contributed by atoms with E-state index in [0.717, 1.165) is 31.7 Å². The van der Waals surface area contributed by atoms with Gasteiger partial charge < -0.3 is 50.6 Å². The molecule has 6 aliphatic rings. The predicted octanol–water partition coefficient (Wildman–Crippen LogP) is 1.99. The van der Waals surface area contributed by atoms with Gasteiger partial charge in [-0.05, 0) is 69.2 Å². The van der Waals surface area contributed by atoms with Crippen molar-refractivity contribution >= 4 is 35.5 Å². The molecule has 7 rings (SSSR count). The molecule has 1 aromatic rings. The standard InChI is InChI=1S/C46H69N5O11S/c1-25-29(61-41(56)38(54)35(47-6)27-14-8-7-9-15-27)21-46(59)26(2)39-44(5,40(55)37(53)34(25)43(46,3)4)31(20-32-45(39,58)23-60-32)62-42(57)49-19-13-12-18-48-33(52)17-11-10-16-30-36-28(22-63-30)50-24-51-36/h7-9,14-15,26,28-32,35-39,47,50-51,53-54,58-59H,10-13,16-24H2,1-6H3,(H,48,52)(H,49,57)/t26?,28?,29?,30-,31?,32?,35?,36?,37?,38?,39?,44+,45?,46?/m0/s1. The van der Waals surface area contributed by atoms with Gasteiger partial charge in [0.1, 0.15) is 23.9 Å². The van der Waals surface area contributed by atoms with Crippen molar-refractivity contribution in [2.45, 2.75) is 151 Å². The van der Waals surface area contributed by atoms with E-state index in [1.807, 2.05) is 17.8 Å². The second-order valence-corrected chi connectivity index (χ2v) is 20.7. The van der Waals surface area contributed by atoms with Crippen molar-refractivity contribution in [1.29, 1.82) is 0 Å². The number of esters is 1. The second-order valence-electron chi connectivity index (χ2n) is 19.5. The molecule has 12 unspecified atom stereocenters. The van der Waals surface area contributed by atoms with Crippen molar-refractivity contribution in [3.05, 3.63) is 47.0 Å². The molecule has 16 nitrogen and oxygen atoms in total. The number of aliphatic hydroxyl groups excluding tert-OH is 2. The zero-order chi connectivity index (χ0) is 45.5. The summed E-state index contributed by atoms with van der Waals surface area (Å²) in [7, 11) is 1.61. The van der Waals surface area contributed by atoms with Crippen molar-refractivity contribution in [2.75, 3.05) is 39.2 Å². The minimum absolute atomic E-state index is 0.0125. The third-order valence-corrected chi connectivity index (χ3v) is 17.2. The van der Waals surface area contributed by atoms with Gasteiger partial charge in [0.05, 0.1) is 29.8 Å². The number of likely N-dealkylation sites (N-methyl/N-ethyl adjacent to an activating group) is 1. The van der Waals surface area contributed by atoms with E-state index in [1.54, 1.807) is 65.9 Å². The first kappa shape index (κ1) is 47.8. The number of fused-ring (bicyclic) bond motifs is 6. The van der Waals surface area contributed by atoms with E-state index in [9.17, 15) is 34.8 Å². The Morgan fingerprint density at radius 2 is 1.73 bits per heavy atom. The molecule has 350 valence electrons. The molecule has 9 N–H and O–H groups in total. The van der Waals surface area contributed by atoms with E-state index >= 15 is 4.79 Å². The molecule has 0 spiro atoms. The molecule has 3 aliphatic heterocycles. The van der Waals surface area contributed by atoms with Crippen molar-refractivity contribution in [3.63, 3.8) is 0 Å². The Kier molecular flexibility index (Phi) is 14.4. The summed E-state index contributed by atoms with van der Waals surface area (Å²) >= 11 is 2.01. The molecule has 5 fully saturated rings. The van der Waals surface area contributed by atoms with Gasteiger partial charge in [0.25, 0.3) is 0 Å². The normalized spacial score (nSPS) is 37.6. The summed E-state index contributed by atoms with van der Waals surface area (Å²) in [5.41, 5.74) is -5.19. The minimum Gasteiger partial charge on any atom is -0.456 e. The summed E-state index contributed by atoms with van der Waals surface area (Å²) in [6.07, 6.45) is -2.94. The number of Topliss-reactive ketones (excluding diaryl/α,β-unsaturated/α-hetero) is 1. The Bertz CT molecular complexity index is 1890. The number of aliphatic hydroxyl groups is 4. The van der Waals surface area contributed by atoms with Crippen LogP contribution in [-0.2, 0) is 28.6 Å². The summed E-state index contributed by atoms with van der Waals surface area (Å²) in [6, 6.07) is 9.20. The molecule has 0 aromatic heterocycles. The van der Waals surface area contributed by atoms with Crippen LogP contribution in [-0.4, -0.2) is 142 Å². The number of amides is 2. The van der Waals surface area contributed by atoms with Gasteiger partial charge in [0.2, 0.25) is 5.91 Å². The molecule has 3 saturated heterocycles. The molecule has 2 saturated carbocycles. The van der Waals surface area contributed by atoms with E-state index in [0.29, 0.717) is 54.3 Å². The second kappa shape index (κ2) is 19.0. The maximum Gasteiger partial charge on any atom is 0.407 e. The zero-order valence-electron chi connectivity index (χ0n) is 37.5. The first-order chi connectivity index (χ1) is 29.9. The highest BCUT2D eigenvalue weighted by molar-refractivity contribution is 8.00. The Morgan fingerprint density at radius 3 is 2.41 bits per heavy atom. The predicted molar refractivity (Wildman–Crippen MR) is 235 cm³/mol. The highest BCUT2D eigenvalue weighted by atomic mass is 32.2. The van der Waals surface area contributed by atoms with Crippen molar-refractivity contribution < 1.29 is 53.8 Å². The van der Waals surface area contributed by atoms with Crippen LogP contribution in [0.4, 0.5) is 4.79 Å². The van der Waals surface area contributed by atoms with Gasteiger partial charge in [-0.15, -0.1) is 0 Å². The van der Waals surface area contributed by atoms with E-state index in [-0.39, 0.29) is 37.5 Å². The van der Waals surface area contributed by atoms with Crippen LogP contribution in [0.25, 0.3) is 0 Å². The van der Waals surface area contributed by atoms with Crippen LogP contribution in [0, 0.1) is 22.7 Å². The Balaban J connectivity index is 0.986. The number of hydrogen-bond donors (Lipinski definition) is 9. The number of rotatable bonds is 16. The highest BCUT2D eigenvalue weighted by Crippen LogP contribution is 2.65. The van der Waals surface area contributed by atoms with Gasteiger partial charge in [-0.1, -0.05) is 57.5 Å². The Hall–Kier alpha value is -3.13. The summed E-state index contributed by atoms with van der Waals surface area (Å²) in [6.45, 7) is 9.87.